The molecule has 1 aromatic carbocycles. The van der Waals surface area contributed by atoms with E-state index in [0.29, 0.717) is 36.5 Å². The number of carbonyl (C=O) groups excluding carboxylic acids is 3. The van der Waals surface area contributed by atoms with Gasteiger partial charge in [0.2, 0.25) is 17.7 Å². The predicted octanol–water partition coefficient (Wildman–Crippen LogP) is 2.59. The Morgan fingerprint density at radius 2 is 1.85 bits per heavy atom. The molecule has 3 saturated heterocycles. The Labute approximate surface area is 205 Å². The van der Waals surface area contributed by atoms with Gasteiger partial charge >= 0.3 is 0 Å². The number of amides is 3. The van der Waals surface area contributed by atoms with Crippen LogP contribution >= 0.6 is 11.6 Å². The molecule has 8 nitrogen and oxygen atoms in total. The molecule has 2 bridgehead atoms. The van der Waals surface area contributed by atoms with E-state index in [1.165, 1.54) is 0 Å². The number of fused-ring (bicyclic) bond motifs is 1. The fourth-order valence-electron chi connectivity index (χ4n) is 6.33. The number of rotatable bonds is 9. The van der Waals surface area contributed by atoms with Gasteiger partial charge in [0.15, 0.2) is 0 Å². The van der Waals surface area contributed by atoms with Crippen LogP contribution in [0.25, 0.3) is 0 Å². The lowest BCUT2D eigenvalue weighted by Crippen LogP contribution is -2.54. The maximum atomic E-state index is 13.8. The van der Waals surface area contributed by atoms with Gasteiger partial charge in [-0.3, -0.25) is 14.4 Å². The maximum Gasteiger partial charge on any atom is 0.250 e. The van der Waals surface area contributed by atoms with E-state index in [-0.39, 0.29) is 30.2 Å². The smallest absolute Gasteiger partial charge is 0.250 e. The highest BCUT2D eigenvalue weighted by Gasteiger charge is 2.79. The summed E-state index contributed by atoms with van der Waals surface area (Å²) < 4.78 is 6.62. The summed E-state index contributed by atoms with van der Waals surface area (Å²) in [4.78, 5) is 42.1. The number of aliphatic hydroxyl groups excluding tert-OH is 1. The summed E-state index contributed by atoms with van der Waals surface area (Å²) in [5.41, 5.74) is -1.28. The van der Waals surface area contributed by atoms with Crippen molar-refractivity contribution in [2.45, 2.75) is 63.2 Å². The molecule has 3 heterocycles. The van der Waals surface area contributed by atoms with Gasteiger partial charge in [0.05, 0.1) is 17.4 Å². The Morgan fingerprint density at radius 1 is 1.18 bits per heavy atom. The highest BCUT2D eigenvalue weighted by Crippen LogP contribution is 2.65. The first-order valence-corrected chi connectivity index (χ1v) is 12.5. The van der Waals surface area contributed by atoms with E-state index in [1.807, 2.05) is 13.8 Å². The fraction of sp³-hybridized carbons (Fsp3) is 0.640. The standard InChI is InChI=1S/C25H34ClN3O5/c1-15-14-25-19(18(21(31)27-3)24(15,2)34-25)23(33)29(12-6-4-5-7-13-30)20(25)22(32)28-17-10-8-16(26)9-11-17/h8-11,15,18-20,30H,4-7,12-14H2,1-3H3,(H,27,31)(H,28,32)/t15?,18-,19-,20?,24+,25?/m0/s1. The second-order valence-corrected chi connectivity index (χ2v) is 10.4. The highest BCUT2D eigenvalue weighted by molar-refractivity contribution is 6.30. The topological polar surface area (TPSA) is 108 Å². The molecule has 3 unspecified atom stereocenters. The van der Waals surface area contributed by atoms with Gasteiger partial charge in [0, 0.05) is 30.9 Å². The van der Waals surface area contributed by atoms with Crippen LogP contribution in [0, 0.1) is 17.8 Å². The first kappa shape index (κ1) is 24.9. The number of nitrogens with one attached hydrogen (secondary N) is 2. The monoisotopic (exact) mass is 491 g/mol. The summed E-state index contributed by atoms with van der Waals surface area (Å²) in [5.74, 6) is -2.08. The van der Waals surface area contributed by atoms with E-state index < -0.39 is 29.1 Å². The number of nitrogens with zero attached hydrogens (tertiary/aromatic N) is 1. The molecule has 0 aromatic heterocycles. The Kier molecular flexibility index (Phi) is 6.95. The largest absolute Gasteiger partial charge is 0.396 e. The molecule has 1 aromatic rings. The molecule has 0 saturated carbocycles. The second kappa shape index (κ2) is 9.47. The number of aliphatic hydroxyl groups is 1. The summed E-state index contributed by atoms with van der Waals surface area (Å²) in [7, 11) is 1.57. The van der Waals surface area contributed by atoms with Crippen molar-refractivity contribution in [3.8, 4) is 0 Å². The van der Waals surface area contributed by atoms with Crippen molar-refractivity contribution in [3.63, 3.8) is 0 Å². The Balaban J connectivity index is 1.67. The average Bonchev–Trinajstić information content (AvgIpc) is 3.31. The quantitative estimate of drug-likeness (QED) is 0.460. The average molecular weight is 492 g/mol. The van der Waals surface area contributed by atoms with E-state index in [2.05, 4.69) is 10.6 Å². The summed E-state index contributed by atoms with van der Waals surface area (Å²) in [6.07, 6.45) is 3.63. The minimum absolute atomic E-state index is 0.00851. The Bertz CT molecular complexity index is 956. The molecule has 34 heavy (non-hydrogen) atoms. The third kappa shape index (κ3) is 3.89. The fourth-order valence-corrected chi connectivity index (χ4v) is 6.45. The van der Waals surface area contributed by atoms with Crippen LogP contribution in [0.5, 0.6) is 0 Å². The van der Waals surface area contributed by atoms with E-state index in [0.717, 1.165) is 12.8 Å². The molecule has 0 radical (unpaired) electrons. The lowest BCUT2D eigenvalue weighted by Gasteiger charge is -2.36. The zero-order chi connectivity index (χ0) is 24.7. The van der Waals surface area contributed by atoms with Crippen LogP contribution < -0.4 is 10.6 Å². The molecule has 3 aliphatic rings. The van der Waals surface area contributed by atoms with Crippen LogP contribution in [0.15, 0.2) is 24.3 Å². The maximum absolute atomic E-state index is 13.8. The summed E-state index contributed by atoms with van der Waals surface area (Å²) in [6, 6.07) is 5.99. The Hall–Kier alpha value is -2.16. The number of carbonyl (C=O) groups is 3. The number of likely N-dealkylation sites (tertiary alicyclic amines) is 1. The van der Waals surface area contributed by atoms with Crippen LogP contribution in [0.1, 0.15) is 46.0 Å². The van der Waals surface area contributed by atoms with Crippen LogP contribution in [0.3, 0.4) is 0 Å². The number of halogens is 1. The number of unbranched alkanes of at least 4 members (excludes halogenated alkanes) is 3. The zero-order valence-corrected chi connectivity index (χ0v) is 20.7. The van der Waals surface area contributed by atoms with Crippen molar-refractivity contribution in [2.24, 2.45) is 17.8 Å². The molecule has 4 rings (SSSR count). The summed E-state index contributed by atoms with van der Waals surface area (Å²) in [6.45, 7) is 4.45. The van der Waals surface area contributed by atoms with Crippen molar-refractivity contribution in [2.75, 3.05) is 25.5 Å². The van der Waals surface area contributed by atoms with E-state index in [1.54, 1.807) is 36.2 Å². The first-order chi connectivity index (χ1) is 16.2. The van der Waals surface area contributed by atoms with Crippen LogP contribution in [0.4, 0.5) is 5.69 Å². The van der Waals surface area contributed by atoms with Gasteiger partial charge in [-0.1, -0.05) is 31.4 Å². The number of hydrogen-bond acceptors (Lipinski definition) is 5. The third-order valence-corrected chi connectivity index (χ3v) is 8.26. The van der Waals surface area contributed by atoms with Crippen molar-refractivity contribution in [3.05, 3.63) is 29.3 Å². The molecule has 6 atom stereocenters. The Morgan fingerprint density at radius 3 is 2.50 bits per heavy atom. The molecule has 9 heteroatoms. The number of anilines is 1. The van der Waals surface area contributed by atoms with E-state index in [9.17, 15) is 14.4 Å². The molecule has 3 aliphatic heterocycles. The number of hydrogen-bond donors (Lipinski definition) is 3. The van der Waals surface area contributed by atoms with Gasteiger partial charge < -0.3 is 25.4 Å². The van der Waals surface area contributed by atoms with Gasteiger partial charge in [0.1, 0.15) is 11.6 Å². The molecular weight excluding hydrogens is 458 g/mol. The minimum Gasteiger partial charge on any atom is -0.396 e. The summed E-state index contributed by atoms with van der Waals surface area (Å²) in [5, 5.41) is 15.3. The second-order valence-electron chi connectivity index (χ2n) is 9.98. The highest BCUT2D eigenvalue weighted by atomic mass is 35.5. The van der Waals surface area contributed by atoms with Crippen molar-refractivity contribution in [1.82, 2.24) is 10.2 Å². The van der Waals surface area contributed by atoms with E-state index >= 15 is 0 Å². The third-order valence-electron chi connectivity index (χ3n) is 8.01. The summed E-state index contributed by atoms with van der Waals surface area (Å²) >= 11 is 5.99. The lowest BCUT2D eigenvalue weighted by molar-refractivity contribution is -0.146. The molecule has 186 valence electrons. The van der Waals surface area contributed by atoms with Gasteiger partial charge in [-0.25, -0.2) is 0 Å². The first-order valence-electron chi connectivity index (χ1n) is 12.1. The normalized spacial score (nSPS) is 33.8. The molecule has 3 amide bonds. The molecule has 1 spiro atoms. The molecule has 0 aliphatic carbocycles. The van der Waals surface area contributed by atoms with Crippen molar-refractivity contribution < 1.29 is 24.2 Å². The van der Waals surface area contributed by atoms with Crippen molar-refractivity contribution in [1.29, 1.82) is 0 Å². The number of benzene rings is 1. The predicted molar refractivity (Wildman–Crippen MR) is 128 cm³/mol. The molecule has 3 N–H and O–H groups in total. The van der Waals surface area contributed by atoms with Gasteiger partial charge in [0.25, 0.3) is 0 Å². The SMILES string of the molecule is CNC(=O)[C@@H]1[C@H]2C(=O)N(CCCCCCO)C(C(=O)Nc3ccc(Cl)cc3)C23CC(C)[C@@]1(C)O3. The molecular formula is C25H34ClN3O5. The minimum atomic E-state index is -1.05. The van der Waals surface area contributed by atoms with Gasteiger partial charge in [-0.2, -0.15) is 0 Å². The van der Waals surface area contributed by atoms with Gasteiger partial charge in [-0.15, -0.1) is 0 Å². The lowest BCUT2D eigenvalue weighted by atomic mass is 9.62. The number of ether oxygens (including phenoxy) is 1. The van der Waals surface area contributed by atoms with Crippen LogP contribution in [0.2, 0.25) is 5.02 Å². The van der Waals surface area contributed by atoms with Gasteiger partial charge in [-0.05, 0) is 56.4 Å². The van der Waals surface area contributed by atoms with Crippen molar-refractivity contribution >= 4 is 35.0 Å². The van der Waals surface area contributed by atoms with Crippen LogP contribution in [-0.2, 0) is 19.1 Å². The zero-order valence-electron chi connectivity index (χ0n) is 20.0. The van der Waals surface area contributed by atoms with Crippen LogP contribution in [-0.4, -0.2) is 65.2 Å². The van der Waals surface area contributed by atoms with E-state index in [4.69, 9.17) is 21.4 Å². The molecule has 3 fully saturated rings.